The second-order valence-electron chi connectivity index (χ2n) is 9.00. The zero-order chi connectivity index (χ0) is 26.1. The van der Waals surface area contributed by atoms with E-state index in [0.29, 0.717) is 17.7 Å². The van der Waals surface area contributed by atoms with Gasteiger partial charge in [-0.25, -0.2) is 22.9 Å². The van der Waals surface area contributed by atoms with Gasteiger partial charge in [0, 0.05) is 12.0 Å². The molecule has 1 saturated carbocycles. The fraction of sp³-hybridized carbons (Fsp3) is 0.385. The maximum Gasteiger partial charge on any atom is 0.328 e. The Morgan fingerprint density at radius 3 is 2.39 bits per heavy atom. The summed E-state index contributed by atoms with van der Waals surface area (Å²) in [5.41, 5.74) is 1.41. The molecule has 1 aliphatic rings. The van der Waals surface area contributed by atoms with Crippen molar-refractivity contribution in [3.05, 3.63) is 70.8 Å². The fourth-order valence-electron chi connectivity index (χ4n) is 4.12. The molecule has 192 valence electrons. The predicted molar refractivity (Wildman–Crippen MR) is 138 cm³/mol. The monoisotopic (exact) mass is 512 g/mol. The molecule has 1 heterocycles. The van der Waals surface area contributed by atoms with Crippen LogP contribution in [0.3, 0.4) is 0 Å². The summed E-state index contributed by atoms with van der Waals surface area (Å²) in [6.45, 7) is 4.07. The Morgan fingerprint density at radius 1 is 1.11 bits per heavy atom. The van der Waals surface area contributed by atoms with E-state index in [2.05, 4.69) is 26.9 Å². The Kier molecular flexibility index (Phi) is 9.35. The van der Waals surface area contributed by atoms with E-state index in [0.717, 1.165) is 43.0 Å². The van der Waals surface area contributed by atoms with Gasteiger partial charge in [-0.3, -0.25) is 4.79 Å². The first-order valence-corrected chi connectivity index (χ1v) is 13.5. The molecule has 0 aliphatic heterocycles. The van der Waals surface area contributed by atoms with Crippen molar-refractivity contribution in [3.63, 3.8) is 0 Å². The highest BCUT2D eigenvalue weighted by Crippen LogP contribution is 2.23. The number of nitrogens with one attached hydrogen (secondary N) is 3. The number of hydrogen-bond acceptors (Lipinski definition) is 6. The highest BCUT2D eigenvalue weighted by atomic mass is 32.2. The van der Waals surface area contributed by atoms with Gasteiger partial charge in [0.25, 0.3) is 15.6 Å². The van der Waals surface area contributed by atoms with Gasteiger partial charge in [0.1, 0.15) is 6.29 Å². The number of hydrogen-bond donors (Lipinski definition) is 3. The maximum atomic E-state index is 12.3. The molecule has 3 aromatic rings. The topological polar surface area (TPSA) is 138 Å². The molecule has 36 heavy (non-hydrogen) atoms. The quantitative estimate of drug-likeness (QED) is 0.429. The number of sulfonamides is 1. The summed E-state index contributed by atoms with van der Waals surface area (Å²) < 4.78 is 26.7. The molecular formula is C26H32N4O5S. The fourth-order valence-corrected chi connectivity index (χ4v) is 5.04. The first-order valence-electron chi connectivity index (χ1n) is 12.0. The van der Waals surface area contributed by atoms with Crippen molar-refractivity contribution in [3.8, 4) is 0 Å². The summed E-state index contributed by atoms with van der Waals surface area (Å²) in [7, 11) is -3.93. The number of carbonyl (C=O) groups is 2. The van der Waals surface area contributed by atoms with Crippen molar-refractivity contribution in [2.45, 2.75) is 62.8 Å². The molecule has 1 aromatic heterocycles. The number of urea groups is 1. The minimum absolute atomic E-state index is 0.00409. The molecule has 1 fully saturated rings. The van der Waals surface area contributed by atoms with E-state index in [1.54, 1.807) is 18.2 Å². The van der Waals surface area contributed by atoms with Crippen LogP contribution in [0.4, 0.5) is 4.79 Å². The van der Waals surface area contributed by atoms with Gasteiger partial charge in [-0.2, -0.15) is 0 Å². The number of para-hydroxylation sites is 1. The largest absolute Gasteiger partial charge is 0.335 e. The van der Waals surface area contributed by atoms with Crippen LogP contribution in [0.25, 0.3) is 10.9 Å². The van der Waals surface area contributed by atoms with Crippen LogP contribution >= 0.6 is 0 Å². The van der Waals surface area contributed by atoms with Crippen LogP contribution in [0.15, 0.2) is 64.5 Å². The Bertz CT molecular complexity index is 1320. The minimum Gasteiger partial charge on any atom is -0.335 e. The zero-order valence-electron chi connectivity index (χ0n) is 20.4. The first kappa shape index (κ1) is 27.1. The molecule has 2 amide bonds. The number of H-pyrrole nitrogens is 1. The van der Waals surface area contributed by atoms with E-state index in [1.807, 2.05) is 25.1 Å². The van der Waals surface area contributed by atoms with E-state index in [-0.39, 0.29) is 22.4 Å². The van der Waals surface area contributed by atoms with Crippen molar-refractivity contribution in [2.75, 3.05) is 0 Å². The average molecular weight is 513 g/mol. The number of aromatic nitrogens is 2. The van der Waals surface area contributed by atoms with E-state index < -0.39 is 16.1 Å². The third-order valence-corrected chi connectivity index (χ3v) is 7.70. The van der Waals surface area contributed by atoms with E-state index in [9.17, 15) is 22.8 Å². The van der Waals surface area contributed by atoms with Crippen LogP contribution in [0, 0.1) is 5.92 Å². The zero-order valence-corrected chi connectivity index (χ0v) is 21.3. The molecule has 0 saturated heterocycles. The Hall–Kier alpha value is -3.53. The predicted octanol–water partition coefficient (Wildman–Crippen LogP) is 3.87. The lowest BCUT2D eigenvalue weighted by Crippen LogP contribution is -2.45. The molecule has 0 radical (unpaired) electrons. The third-order valence-electron chi connectivity index (χ3n) is 6.35. The number of fused-ring (bicyclic) bond motifs is 1. The highest BCUT2D eigenvalue weighted by Gasteiger charge is 2.23. The van der Waals surface area contributed by atoms with Gasteiger partial charge in [0.15, 0.2) is 0 Å². The van der Waals surface area contributed by atoms with Gasteiger partial charge in [0.2, 0.25) is 0 Å². The van der Waals surface area contributed by atoms with Crippen LogP contribution < -0.4 is 15.6 Å². The van der Waals surface area contributed by atoms with Gasteiger partial charge in [0.05, 0.1) is 22.1 Å². The van der Waals surface area contributed by atoms with E-state index >= 15 is 0 Å². The average Bonchev–Trinajstić information content (AvgIpc) is 2.87. The van der Waals surface area contributed by atoms with E-state index in [4.69, 9.17) is 0 Å². The van der Waals surface area contributed by atoms with Crippen LogP contribution in [0.5, 0.6) is 0 Å². The minimum atomic E-state index is -3.93. The number of carbonyl (C=O) groups excluding carboxylic acids is 2. The summed E-state index contributed by atoms with van der Waals surface area (Å²) in [6.07, 6.45) is 6.71. The molecule has 9 nitrogen and oxygen atoms in total. The lowest BCUT2D eigenvalue weighted by Gasteiger charge is -2.26. The normalized spacial score (nSPS) is 18.4. The van der Waals surface area contributed by atoms with Crippen LogP contribution in [-0.2, 0) is 14.8 Å². The summed E-state index contributed by atoms with van der Waals surface area (Å²) in [4.78, 5) is 40.6. The molecule has 1 atom stereocenters. The van der Waals surface area contributed by atoms with E-state index in [1.165, 1.54) is 18.5 Å². The molecule has 1 unspecified atom stereocenters. The van der Waals surface area contributed by atoms with Gasteiger partial charge >= 0.3 is 6.03 Å². The number of benzene rings is 2. The second-order valence-corrected chi connectivity index (χ2v) is 10.7. The van der Waals surface area contributed by atoms with Crippen LogP contribution in [0.1, 0.15) is 57.4 Å². The lowest BCUT2D eigenvalue weighted by atomic mass is 9.87. The molecule has 4 rings (SSSR count). The molecule has 3 N–H and O–H groups in total. The summed E-state index contributed by atoms with van der Waals surface area (Å²) in [6, 6.07) is 12.6. The van der Waals surface area contributed by atoms with Crippen LogP contribution in [0.2, 0.25) is 0 Å². The molecule has 2 aromatic carbocycles. The molecule has 0 spiro atoms. The molecule has 1 aliphatic carbocycles. The number of rotatable bonds is 6. The number of amides is 2. The first-order chi connectivity index (χ1) is 17.2. The van der Waals surface area contributed by atoms with Gasteiger partial charge in [-0.05, 0) is 67.9 Å². The Labute approximate surface area is 210 Å². The SMILES string of the molecule is CCC(C=O)c1ccc(S(=O)(=O)NC(=O)NC2CCC(C)CC2)cc1.O=c1[nH]cnc2ccccc12. The molecule has 0 bridgehead atoms. The number of nitrogens with zero attached hydrogens (tertiary/aromatic N) is 1. The maximum absolute atomic E-state index is 12.3. The van der Waals surface area contributed by atoms with Crippen molar-refractivity contribution in [1.82, 2.24) is 20.0 Å². The number of aromatic amines is 1. The summed E-state index contributed by atoms with van der Waals surface area (Å²) in [5, 5.41) is 3.37. The lowest BCUT2D eigenvalue weighted by molar-refractivity contribution is -0.109. The number of aldehydes is 1. The van der Waals surface area contributed by atoms with Gasteiger partial charge in [-0.15, -0.1) is 0 Å². The summed E-state index contributed by atoms with van der Waals surface area (Å²) >= 11 is 0. The Morgan fingerprint density at radius 2 is 1.78 bits per heavy atom. The molecular weight excluding hydrogens is 480 g/mol. The third kappa shape index (κ3) is 7.24. The molecule has 10 heteroatoms. The summed E-state index contributed by atoms with van der Waals surface area (Å²) in [5.74, 6) is 0.406. The van der Waals surface area contributed by atoms with Crippen molar-refractivity contribution >= 4 is 33.2 Å². The van der Waals surface area contributed by atoms with Gasteiger partial charge in [-0.1, -0.05) is 38.1 Å². The Balaban J connectivity index is 0.000000270. The highest BCUT2D eigenvalue weighted by molar-refractivity contribution is 7.90. The standard InChI is InChI=1S/C18H26N2O4S.C8H6N2O/c1-3-14(12-21)15-6-10-17(11-7-15)25(23,24)20-18(22)19-16-8-4-13(2)5-9-16;11-8-6-3-1-2-4-7(6)9-5-10-8/h6-7,10-14,16H,3-5,8-9H2,1-2H3,(H2,19,20,22);1-5H,(H,9,10,11). The van der Waals surface area contributed by atoms with Crippen molar-refractivity contribution in [1.29, 1.82) is 0 Å². The smallest absolute Gasteiger partial charge is 0.328 e. The van der Waals surface area contributed by atoms with Crippen molar-refractivity contribution < 1.29 is 18.0 Å². The van der Waals surface area contributed by atoms with Crippen molar-refractivity contribution in [2.24, 2.45) is 5.92 Å². The van der Waals surface area contributed by atoms with Gasteiger partial charge < -0.3 is 15.1 Å². The second kappa shape index (κ2) is 12.4. The van der Waals surface area contributed by atoms with Crippen LogP contribution in [-0.4, -0.2) is 36.7 Å².